The fraction of sp³-hybridized carbons (Fsp3) is 0.417. The summed E-state index contributed by atoms with van der Waals surface area (Å²) in [6.45, 7) is 3.03. The van der Waals surface area contributed by atoms with Crippen LogP contribution < -0.4 is 5.32 Å². The van der Waals surface area contributed by atoms with Gasteiger partial charge in [0.1, 0.15) is 0 Å². The number of benzene rings is 1. The number of nitro groups is 1. The summed E-state index contributed by atoms with van der Waals surface area (Å²) >= 11 is 0. The Balaban J connectivity index is 2.99. The van der Waals surface area contributed by atoms with Crippen molar-refractivity contribution in [2.24, 2.45) is 5.92 Å². The Labute approximate surface area is 121 Å². The Bertz CT molecular complexity index is 658. The first-order chi connectivity index (χ1) is 9.61. The zero-order valence-corrected chi connectivity index (χ0v) is 12.3. The lowest BCUT2D eigenvalue weighted by Crippen LogP contribution is -2.13. The van der Waals surface area contributed by atoms with Gasteiger partial charge in [-0.2, -0.15) is 8.42 Å². The van der Waals surface area contributed by atoms with Gasteiger partial charge in [0.05, 0.1) is 16.2 Å². The zero-order valence-electron chi connectivity index (χ0n) is 11.5. The van der Waals surface area contributed by atoms with Crippen molar-refractivity contribution < 1.29 is 22.0 Å². The fourth-order valence-corrected chi connectivity index (χ4v) is 1.98. The van der Waals surface area contributed by atoms with Crippen LogP contribution in [0.1, 0.15) is 24.2 Å². The number of anilines is 1. The Morgan fingerprint density at radius 2 is 2.05 bits per heavy atom. The Morgan fingerprint density at radius 1 is 1.43 bits per heavy atom. The molecule has 0 saturated carbocycles. The molecule has 0 aliphatic carbocycles. The van der Waals surface area contributed by atoms with Crippen LogP contribution in [0.25, 0.3) is 0 Å². The van der Waals surface area contributed by atoms with Crippen LogP contribution in [0.2, 0.25) is 0 Å². The van der Waals surface area contributed by atoms with Crippen LogP contribution in [-0.4, -0.2) is 31.4 Å². The van der Waals surface area contributed by atoms with Gasteiger partial charge < -0.3 is 5.32 Å². The molecular weight excluding hydrogens is 303 g/mol. The summed E-state index contributed by atoms with van der Waals surface area (Å²) in [5, 5.41) is 13.6. The van der Waals surface area contributed by atoms with Crippen LogP contribution in [0.3, 0.4) is 0 Å². The van der Waals surface area contributed by atoms with Crippen LogP contribution in [-0.2, 0) is 10.2 Å². The molecular formula is C12H15FN2O5S. The number of halogens is 1. The lowest BCUT2D eigenvalue weighted by atomic mass is 9.99. The third-order valence-corrected chi connectivity index (χ3v) is 3.35. The highest BCUT2D eigenvalue weighted by Crippen LogP contribution is 2.25. The van der Waals surface area contributed by atoms with Crippen LogP contribution in [0.4, 0.5) is 15.3 Å². The standard InChI is InChI=1S/C12H15FN2O5S/c1-8(2)12(16)10-4-3-9(7-11(10)15(17)18)14-5-6-21(13,19)20/h3-4,7-8,14H,5-6H2,1-2H3. The average molecular weight is 318 g/mol. The summed E-state index contributed by atoms with van der Waals surface area (Å²) in [6.07, 6.45) is 0. The van der Waals surface area contributed by atoms with Crippen LogP contribution in [0.5, 0.6) is 0 Å². The Morgan fingerprint density at radius 3 is 2.52 bits per heavy atom. The summed E-state index contributed by atoms with van der Waals surface area (Å²) < 4.78 is 33.0. The van der Waals surface area contributed by atoms with E-state index in [9.17, 15) is 27.2 Å². The number of nitrogens with one attached hydrogen (secondary N) is 1. The summed E-state index contributed by atoms with van der Waals surface area (Å²) in [7, 11) is -4.60. The molecule has 0 unspecified atom stereocenters. The van der Waals surface area contributed by atoms with E-state index in [1.54, 1.807) is 13.8 Å². The monoisotopic (exact) mass is 318 g/mol. The molecule has 0 fully saturated rings. The topological polar surface area (TPSA) is 106 Å². The highest BCUT2D eigenvalue weighted by molar-refractivity contribution is 7.86. The maximum Gasteiger partial charge on any atom is 0.304 e. The number of ketones is 1. The van der Waals surface area contributed by atoms with Crippen molar-refractivity contribution in [3.8, 4) is 0 Å². The van der Waals surface area contributed by atoms with Crippen LogP contribution >= 0.6 is 0 Å². The van der Waals surface area contributed by atoms with Gasteiger partial charge >= 0.3 is 10.2 Å². The molecule has 116 valence electrons. The molecule has 1 aromatic carbocycles. The molecule has 0 bridgehead atoms. The average Bonchev–Trinajstić information content (AvgIpc) is 2.36. The second kappa shape index (κ2) is 6.61. The molecule has 9 heteroatoms. The van der Waals surface area contributed by atoms with E-state index in [2.05, 4.69) is 5.32 Å². The number of Topliss-reactive ketones (excluding diaryl/α,β-unsaturated/α-hetero) is 1. The van der Waals surface area contributed by atoms with Gasteiger partial charge in [0.25, 0.3) is 5.69 Å². The molecule has 0 spiro atoms. The SMILES string of the molecule is CC(C)C(=O)c1ccc(NCCS(=O)(=O)F)cc1[N+](=O)[O-]. The quantitative estimate of drug-likeness (QED) is 0.357. The minimum absolute atomic E-state index is 0.0151. The Kier molecular flexibility index (Phi) is 5.36. The highest BCUT2D eigenvalue weighted by atomic mass is 32.3. The first-order valence-electron chi connectivity index (χ1n) is 6.10. The molecule has 7 nitrogen and oxygen atoms in total. The van der Waals surface area contributed by atoms with Crippen molar-refractivity contribution >= 4 is 27.4 Å². The van der Waals surface area contributed by atoms with E-state index in [1.165, 1.54) is 12.1 Å². The van der Waals surface area contributed by atoms with Gasteiger partial charge in [0, 0.05) is 24.2 Å². The molecule has 0 saturated heterocycles. The van der Waals surface area contributed by atoms with Crippen molar-refractivity contribution in [1.82, 2.24) is 0 Å². The lowest BCUT2D eigenvalue weighted by molar-refractivity contribution is -0.385. The van der Waals surface area contributed by atoms with Crippen molar-refractivity contribution in [3.63, 3.8) is 0 Å². The molecule has 0 heterocycles. The van der Waals surface area contributed by atoms with Gasteiger partial charge in [-0.3, -0.25) is 14.9 Å². The number of nitro benzene ring substituents is 1. The first kappa shape index (κ1) is 17.0. The predicted molar refractivity (Wildman–Crippen MR) is 75.6 cm³/mol. The molecule has 1 aromatic rings. The lowest BCUT2D eigenvalue weighted by Gasteiger charge is -2.08. The minimum atomic E-state index is -4.60. The second-order valence-corrected chi connectivity index (χ2v) is 6.16. The number of carbonyl (C=O) groups excluding carboxylic acids is 1. The van der Waals surface area contributed by atoms with E-state index in [0.717, 1.165) is 6.07 Å². The minimum Gasteiger partial charge on any atom is -0.384 e. The summed E-state index contributed by atoms with van der Waals surface area (Å²) in [5.74, 6) is -1.49. The Hall–Kier alpha value is -2.03. The van der Waals surface area contributed by atoms with Gasteiger partial charge in [-0.1, -0.05) is 13.8 Å². The first-order valence-corrected chi connectivity index (χ1v) is 7.66. The van der Waals surface area contributed by atoms with Crippen molar-refractivity contribution in [2.45, 2.75) is 13.8 Å². The van der Waals surface area contributed by atoms with E-state index in [1.807, 2.05) is 0 Å². The van der Waals surface area contributed by atoms with Crippen molar-refractivity contribution in [3.05, 3.63) is 33.9 Å². The second-order valence-electron chi connectivity index (χ2n) is 4.68. The van der Waals surface area contributed by atoms with E-state index in [-0.39, 0.29) is 35.2 Å². The summed E-state index contributed by atoms with van der Waals surface area (Å²) in [6, 6.07) is 3.83. The van der Waals surface area contributed by atoms with Crippen LogP contribution in [0.15, 0.2) is 18.2 Å². The number of rotatable bonds is 7. The molecule has 0 aromatic heterocycles. The molecule has 0 atom stereocenters. The largest absolute Gasteiger partial charge is 0.384 e. The summed E-state index contributed by atoms with van der Waals surface area (Å²) in [4.78, 5) is 22.2. The van der Waals surface area contributed by atoms with Crippen molar-refractivity contribution in [2.75, 3.05) is 17.6 Å². The number of carbonyl (C=O) groups is 1. The molecule has 0 amide bonds. The van der Waals surface area contributed by atoms with Gasteiger partial charge in [-0.15, -0.1) is 3.89 Å². The van der Waals surface area contributed by atoms with Crippen LogP contribution in [0, 0.1) is 16.0 Å². The fourth-order valence-electron chi connectivity index (χ4n) is 1.63. The van der Waals surface area contributed by atoms with Crippen molar-refractivity contribution in [1.29, 1.82) is 0 Å². The number of nitrogens with zero attached hydrogens (tertiary/aromatic N) is 1. The molecule has 0 aliphatic heterocycles. The van der Waals surface area contributed by atoms with Gasteiger partial charge in [-0.05, 0) is 12.1 Å². The summed E-state index contributed by atoms with van der Waals surface area (Å²) in [5.41, 5.74) is -0.147. The third kappa shape index (κ3) is 5.10. The van der Waals surface area contributed by atoms with Gasteiger partial charge in [-0.25, -0.2) is 0 Å². The van der Waals surface area contributed by atoms with Gasteiger partial charge in [0.2, 0.25) is 0 Å². The van der Waals surface area contributed by atoms with E-state index >= 15 is 0 Å². The zero-order chi connectivity index (χ0) is 16.2. The van der Waals surface area contributed by atoms with Gasteiger partial charge in [0.15, 0.2) is 5.78 Å². The van der Waals surface area contributed by atoms with E-state index in [0.29, 0.717) is 0 Å². The number of hydrogen-bond acceptors (Lipinski definition) is 6. The maximum atomic E-state index is 12.3. The normalized spacial score (nSPS) is 11.4. The molecule has 1 N–H and O–H groups in total. The molecule has 0 radical (unpaired) electrons. The smallest absolute Gasteiger partial charge is 0.304 e. The third-order valence-electron chi connectivity index (χ3n) is 2.66. The number of hydrogen-bond donors (Lipinski definition) is 1. The molecule has 0 aliphatic rings. The predicted octanol–water partition coefficient (Wildman–Crippen LogP) is 2.14. The molecule has 1 rings (SSSR count). The molecule has 21 heavy (non-hydrogen) atoms. The van der Waals surface area contributed by atoms with E-state index in [4.69, 9.17) is 0 Å². The highest BCUT2D eigenvalue weighted by Gasteiger charge is 2.22. The maximum absolute atomic E-state index is 12.3. The van der Waals surface area contributed by atoms with E-state index < -0.39 is 20.9 Å².